The molecule has 1 atom stereocenters. The molecule has 1 N–H and O–H groups in total. The number of hydrogen-bond donors (Lipinski definition) is 1. The molecule has 0 aliphatic carbocycles. The molecule has 0 saturated carbocycles. The number of nitrogens with one attached hydrogen (secondary N) is 1. The number of halogens is 3. The van der Waals surface area contributed by atoms with E-state index in [2.05, 4.69) is 19.7 Å². The van der Waals surface area contributed by atoms with Crippen molar-refractivity contribution in [1.29, 1.82) is 0 Å². The van der Waals surface area contributed by atoms with Crippen LogP contribution in [0, 0.1) is 13.8 Å². The van der Waals surface area contributed by atoms with Crippen molar-refractivity contribution in [1.82, 2.24) is 10.2 Å². The molecule has 0 fully saturated rings. The normalized spacial score (nSPS) is 13.0. The fourth-order valence-electron chi connectivity index (χ4n) is 3.74. The Hall–Kier alpha value is -3.66. The van der Waals surface area contributed by atoms with Crippen molar-refractivity contribution in [3.05, 3.63) is 83.4 Å². The summed E-state index contributed by atoms with van der Waals surface area (Å²) in [4.78, 5) is 0. The minimum absolute atomic E-state index is 0.0807. The van der Waals surface area contributed by atoms with Crippen molar-refractivity contribution >= 4 is 26.7 Å². The molecule has 0 bridgehead atoms. The van der Waals surface area contributed by atoms with Crippen LogP contribution in [0.2, 0.25) is 0 Å². The lowest BCUT2D eigenvalue weighted by atomic mass is 9.97. The summed E-state index contributed by atoms with van der Waals surface area (Å²) >= 11 is 0. The number of fused-ring (bicyclic) bond motifs is 1. The molecule has 0 amide bonds. The van der Waals surface area contributed by atoms with Gasteiger partial charge in [-0.25, -0.2) is 0 Å². The number of anilines is 1. The molecule has 35 heavy (non-hydrogen) atoms. The van der Waals surface area contributed by atoms with Crippen molar-refractivity contribution in [2.75, 3.05) is 5.32 Å². The summed E-state index contributed by atoms with van der Waals surface area (Å²) in [6.07, 6.45) is 0. The predicted molar refractivity (Wildman–Crippen MR) is 129 cm³/mol. The zero-order valence-electron chi connectivity index (χ0n) is 19.1. The van der Waals surface area contributed by atoms with Gasteiger partial charge in [-0.3, -0.25) is 0 Å². The van der Waals surface area contributed by atoms with Gasteiger partial charge < -0.3 is 9.50 Å². The first-order valence-electron chi connectivity index (χ1n) is 10.7. The fourth-order valence-corrected chi connectivity index (χ4v) is 4.21. The van der Waals surface area contributed by atoms with Crippen LogP contribution >= 0.6 is 0 Å². The van der Waals surface area contributed by atoms with Crippen molar-refractivity contribution in [2.45, 2.75) is 32.3 Å². The van der Waals surface area contributed by atoms with Gasteiger partial charge >= 0.3 is 15.6 Å². The Bertz CT molecular complexity index is 1490. The molecule has 0 spiro atoms. The Kier molecular flexibility index (Phi) is 6.42. The SMILES string of the molecule is Cc1c(N[C@H](C)c2ccccc2)nnc(-c2c(OS(=O)(=O)C(F)(F)F)ccc3ccccc23)c1C. The van der Waals surface area contributed by atoms with Crippen LogP contribution in [0.25, 0.3) is 22.0 Å². The lowest BCUT2D eigenvalue weighted by Gasteiger charge is -2.20. The molecule has 4 aromatic rings. The van der Waals surface area contributed by atoms with E-state index in [0.717, 1.165) is 11.1 Å². The van der Waals surface area contributed by atoms with Crippen molar-refractivity contribution < 1.29 is 25.8 Å². The molecule has 0 unspecified atom stereocenters. The minimum atomic E-state index is -5.89. The third kappa shape index (κ3) is 4.79. The number of nitrogens with zero attached hydrogens (tertiary/aromatic N) is 2. The first-order chi connectivity index (χ1) is 16.5. The van der Waals surface area contributed by atoms with Gasteiger partial charge in [0.15, 0.2) is 11.6 Å². The third-order valence-electron chi connectivity index (χ3n) is 5.79. The Morgan fingerprint density at radius 2 is 1.54 bits per heavy atom. The maximum Gasteiger partial charge on any atom is 0.534 e. The Balaban J connectivity index is 1.83. The molecule has 3 aromatic carbocycles. The average molecular weight is 502 g/mol. The fraction of sp³-hybridized carbons (Fsp3) is 0.200. The predicted octanol–water partition coefficient (Wildman–Crippen LogP) is 6.32. The number of aromatic nitrogens is 2. The molecule has 6 nitrogen and oxygen atoms in total. The van der Waals surface area contributed by atoms with E-state index in [1.165, 1.54) is 12.1 Å². The van der Waals surface area contributed by atoms with Gasteiger partial charge in [0.05, 0.1) is 11.6 Å². The van der Waals surface area contributed by atoms with Crippen molar-refractivity contribution in [3.8, 4) is 17.0 Å². The van der Waals surface area contributed by atoms with E-state index < -0.39 is 21.4 Å². The second-order valence-electron chi connectivity index (χ2n) is 8.07. The average Bonchev–Trinajstić information content (AvgIpc) is 2.82. The van der Waals surface area contributed by atoms with Crippen molar-refractivity contribution in [2.24, 2.45) is 0 Å². The Labute approximate surface area is 200 Å². The van der Waals surface area contributed by atoms with Gasteiger partial charge in [0.1, 0.15) is 5.69 Å². The maximum atomic E-state index is 13.1. The van der Waals surface area contributed by atoms with E-state index in [4.69, 9.17) is 0 Å². The van der Waals surface area contributed by atoms with E-state index in [1.54, 1.807) is 31.2 Å². The van der Waals surface area contributed by atoms with Crippen LogP contribution in [0.3, 0.4) is 0 Å². The van der Waals surface area contributed by atoms with E-state index in [-0.39, 0.29) is 17.3 Å². The summed E-state index contributed by atoms with van der Waals surface area (Å²) < 4.78 is 67.4. The number of hydrogen-bond acceptors (Lipinski definition) is 6. The number of benzene rings is 3. The largest absolute Gasteiger partial charge is 0.534 e. The lowest BCUT2D eigenvalue weighted by Crippen LogP contribution is -2.28. The highest BCUT2D eigenvalue weighted by Gasteiger charge is 2.49. The first-order valence-corrected chi connectivity index (χ1v) is 12.1. The maximum absolute atomic E-state index is 13.1. The minimum Gasteiger partial charge on any atom is -0.375 e. The zero-order valence-corrected chi connectivity index (χ0v) is 19.9. The van der Waals surface area contributed by atoms with Gasteiger partial charge in [-0.2, -0.15) is 21.6 Å². The number of rotatable bonds is 6. The van der Waals surface area contributed by atoms with Crippen molar-refractivity contribution in [3.63, 3.8) is 0 Å². The summed E-state index contributed by atoms with van der Waals surface area (Å²) in [5.74, 6) is 0.0319. The number of alkyl halides is 3. The van der Waals surface area contributed by atoms with Gasteiger partial charge in [-0.1, -0.05) is 60.7 Å². The van der Waals surface area contributed by atoms with Gasteiger partial charge in [0.25, 0.3) is 0 Å². The quantitative estimate of drug-likeness (QED) is 0.246. The molecule has 1 aromatic heterocycles. The summed E-state index contributed by atoms with van der Waals surface area (Å²) in [7, 11) is -5.89. The molecular formula is C25H22F3N3O3S. The smallest absolute Gasteiger partial charge is 0.375 e. The van der Waals surface area contributed by atoms with Gasteiger partial charge in [0.2, 0.25) is 0 Å². The van der Waals surface area contributed by atoms with E-state index in [0.29, 0.717) is 22.2 Å². The second-order valence-corrected chi connectivity index (χ2v) is 9.60. The molecule has 0 aliphatic heterocycles. The molecule has 1 heterocycles. The third-order valence-corrected chi connectivity index (χ3v) is 6.75. The molecule has 0 saturated heterocycles. The van der Waals surface area contributed by atoms with Gasteiger partial charge in [-0.15, -0.1) is 10.2 Å². The van der Waals surface area contributed by atoms with Crippen LogP contribution in [0.5, 0.6) is 5.75 Å². The summed E-state index contributed by atoms with van der Waals surface area (Å²) in [6.45, 7) is 5.53. The molecule has 10 heteroatoms. The topological polar surface area (TPSA) is 81.2 Å². The zero-order chi connectivity index (χ0) is 25.4. The molecule has 4 rings (SSSR count). The van der Waals surface area contributed by atoms with E-state index >= 15 is 0 Å². The first kappa shape index (κ1) is 24.5. The highest BCUT2D eigenvalue weighted by atomic mass is 32.2. The van der Waals surface area contributed by atoms with Crippen LogP contribution in [0.15, 0.2) is 66.7 Å². The standard InChI is InChI=1S/C25H22F3N3O3S/c1-15-16(2)24(29-17(3)18-9-5-4-6-10-18)31-30-23(15)22-20-12-8-7-11-19(20)13-14-21(22)34-35(32,33)25(26,27)28/h4-14,17H,1-3H3,(H,29,31)/t17-/m1/s1. The lowest BCUT2D eigenvalue weighted by molar-refractivity contribution is -0.0499. The van der Waals surface area contributed by atoms with Crippen LogP contribution in [0.1, 0.15) is 29.7 Å². The summed E-state index contributed by atoms with van der Waals surface area (Å²) in [5.41, 5.74) is -2.86. The van der Waals surface area contributed by atoms with E-state index in [9.17, 15) is 21.6 Å². The molecule has 0 radical (unpaired) electrons. The molecular weight excluding hydrogens is 479 g/mol. The van der Waals surface area contributed by atoms with Crippen LogP contribution in [0.4, 0.5) is 19.0 Å². The summed E-state index contributed by atoms with van der Waals surface area (Å²) in [6, 6.07) is 19.2. The Morgan fingerprint density at radius 3 is 2.23 bits per heavy atom. The van der Waals surface area contributed by atoms with Crippen LogP contribution in [-0.2, 0) is 10.1 Å². The monoisotopic (exact) mass is 501 g/mol. The Morgan fingerprint density at radius 1 is 0.886 bits per heavy atom. The summed E-state index contributed by atoms with van der Waals surface area (Å²) in [5, 5.41) is 13.0. The molecule has 0 aliphatic rings. The highest BCUT2D eigenvalue weighted by Crippen LogP contribution is 2.41. The van der Waals surface area contributed by atoms with E-state index in [1.807, 2.05) is 44.2 Å². The molecule has 182 valence electrons. The van der Waals surface area contributed by atoms with Crippen LogP contribution < -0.4 is 9.50 Å². The highest BCUT2D eigenvalue weighted by molar-refractivity contribution is 7.88. The van der Waals surface area contributed by atoms with Gasteiger partial charge in [-0.05, 0) is 54.3 Å². The second kappa shape index (κ2) is 9.18. The van der Waals surface area contributed by atoms with Gasteiger partial charge in [0, 0.05) is 0 Å². The van der Waals surface area contributed by atoms with Crippen LogP contribution in [-0.4, -0.2) is 24.1 Å².